The van der Waals surface area contributed by atoms with E-state index in [0.29, 0.717) is 6.54 Å². The smallest absolute Gasteiger partial charge is 0.224 e. The van der Waals surface area contributed by atoms with Crippen molar-refractivity contribution in [1.82, 2.24) is 10.2 Å². The van der Waals surface area contributed by atoms with Crippen LogP contribution in [0.1, 0.15) is 37.8 Å². The van der Waals surface area contributed by atoms with Crippen LogP contribution >= 0.6 is 11.6 Å². The minimum absolute atomic E-state index is 0.0198. The van der Waals surface area contributed by atoms with Crippen LogP contribution in [0.4, 0.5) is 0 Å². The zero-order chi connectivity index (χ0) is 19.9. The van der Waals surface area contributed by atoms with Crippen LogP contribution in [0.5, 0.6) is 5.75 Å². The Kier molecular flexibility index (Phi) is 7.35. The third kappa shape index (κ3) is 5.98. The number of nitrogens with one attached hydrogen (secondary N) is 1. The van der Waals surface area contributed by atoms with Crippen molar-refractivity contribution in [2.75, 3.05) is 13.1 Å². The fraction of sp³-hybridized carbons (Fsp3) is 0.435. The summed E-state index contributed by atoms with van der Waals surface area (Å²) in [6.45, 7) is 7.10. The maximum absolute atomic E-state index is 12.7. The van der Waals surface area contributed by atoms with Gasteiger partial charge in [0, 0.05) is 24.7 Å². The Labute approximate surface area is 172 Å². The van der Waals surface area contributed by atoms with Crippen molar-refractivity contribution >= 4 is 17.5 Å². The lowest BCUT2D eigenvalue weighted by molar-refractivity contribution is -0.126. The summed E-state index contributed by atoms with van der Waals surface area (Å²) in [5.41, 5.74) is 2.17. The molecule has 1 aliphatic heterocycles. The topological polar surface area (TPSA) is 41.6 Å². The largest absolute Gasteiger partial charge is 0.491 e. The number of likely N-dealkylation sites (tertiary alicyclic amines) is 1. The second kappa shape index (κ2) is 9.94. The van der Waals surface area contributed by atoms with Crippen molar-refractivity contribution in [3.05, 3.63) is 64.7 Å². The molecule has 28 heavy (non-hydrogen) atoms. The second-order valence-corrected chi connectivity index (χ2v) is 8.10. The Balaban J connectivity index is 1.52. The minimum Gasteiger partial charge on any atom is -0.491 e. The number of hydrogen-bond acceptors (Lipinski definition) is 3. The fourth-order valence-corrected chi connectivity index (χ4v) is 3.81. The molecule has 0 saturated carbocycles. The van der Waals surface area contributed by atoms with Gasteiger partial charge in [0.1, 0.15) is 5.75 Å². The van der Waals surface area contributed by atoms with Gasteiger partial charge < -0.3 is 10.1 Å². The molecule has 1 N–H and O–H groups in total. The van der Waals surface area contributed by atoms with E-state index >= 15 is 0 Å². The van der Waals surface area contributed by atoms with Gasteiger partial charge in [0.15, 0.2) is 0 Å². The van der Waals surface area contributed by atoms with E-state index in [1.807, 2.05) is 56.3 Å². The first-order valence-electron chi connectivity index (χ1n) is 10.0. The van der Waals surface area contributed by atoms with Crippen molar-refractivity contribution < 1.29 is 9.53 Å². The normalized spacial score (nSPS) is 17.5. The molecule has 1 heterocycles. The molecule has 2 aromatic rings. The van der Waals surface area contributed by atoms with Gasteiger partial charge in [0.05, 0.1) is 12.0 Å². The number of carbonyl (C=O) groups excluding carboxylic acids is 1. The Hall–Kier alpha value is -2.04. The summed E-state index contributed by atoms with van der Waals surface area (Å²) in [6.07, 6.45) is 2.10. The van der Waals surface area contributed by atoms with Gasteiger partial charge in [-0.15, -0.1) is 0 Å². The van der Waals surface area contributed by atoms with Gasteiger partial charge in [-0.3, -0.25) is 9.69 Å². The number of ether oxygens (including phenoxy) is 1. The lowest BCUT2D eigenvalue weighted by Gasteiger charge is -2.32. The van der Waals surface area contributed by atoms with Crippen LogP contribution in [0.3, 0.4) is 0 Å². The van der Waals surface area contributed by atoms with Gasteiger partial charge in [-0.05, 0) is 62.6 Å². The highest BCUT2D eigenvalue weighted by molar-refractivity contribution is 6.31. The van der Waals surface area contributed by atoms with Crippen LogP contribution in [0, 0.1) is 5.92 Å². The van der Waals surface area contributed by atoms with Crippen LogP contribution in [-0.2, 0) is 17.9 Å². The van der Waals surface area contributed by atoms with Crippen LogP contribution in [0.15, 0.2) is 48.5 Å². The molecule has 1 amide bonds. The average Bonchev–Trinajstić information content (AvgIpc) is 2.68. The molecule has 1 aliphatic rings. The van der Waals surface area contributed by atoms with Gasteiger partial charge in [0.2, 0.25) is 5.91 Å². The number of piperidine rings is 1. The molecular weight excluding hydrogens is 372 g/mol. The zero-order valence-corrected chi connectivity index (χ0v) is 17.4. The van der Waals surface area contributed by atoms with E-state index in [1.54, 1.807) is 0 Å². The average molecular weight is 401 g/mol. The molecule has 1 atom stereocenters. The molecule has 0 aliphatic carbocycles. The lowest BCUT2D eigenvalue weighted by atomic mass is 9.96. The molecule has 2 aromatic carbocycles. The highest BCUT2D eigenvalue weighted by Gasteiger charge is 2.25. The number of nitrogens with zero attached hydrogens (tertiary/aromatic N) is 1. The summed E-state index contributed by atoms with van der Waals surface area (Å²) in [6, 6.07) is 15.8. The highest BCUT2D eigenvalue weighted by Crippen LogP contribution is 2.22. The fourth-order valence-electron chi connectivity index (χ4n) is 3.62. The van der Waals surface area contributed by atoms with Crippen molar-refractivity contribution in [3.8, 4) is 5.75 Å². The summed E-state index contributed by atoms with van der Waals surface area (Å²) in [4.78, 5) is 15.0. The van der Waals surface area contributed by atoms with E-state index in [2.05, 4.69) is 16.3 Å². The van der Waals surface area contributed by atoms with Crippen molar-refractivity contribution in [2.24, 2.45) is 5.92 Å². The number of hydrogen-bond donors (Lipinski definition) is 1. The van der Waals surface area contributed by atoms with E-state index in [-0.39, 0.29) is 17.9 Å². The van der Waals surface area contributed by atoms with Crippen LogP contribution in [-0.4, -0.2) is 30.0 Å². The maximum Gasteiger partial charge on any atom is 0.224 e. The molecule has 0 aromatic heterocycles. The maximum atomic E-state index is 12.7. The standard InChI is InChI=1S/C23H29ClN2O2/c1-17(2)28-21-10-5-7-18(13-21)14-25-23(27)20-9-6-12-26(16-20)15-19-8-3-4-11-22(19)24/h3-5,7-8,10-11,13,17,20H,6,9,12,14-16H2,1-2H3,(H,25,27)/t20-/m1/s1. The van der Waals surface area contributed by atoms with Gasteiger partial charge in [-0.25, -0.2) is 0 Å². The lowest BCUT2D eigenvalue weighted by Crippen LogP contribution is -2.42. The number of carbonyl (C=O) groups is 1. The Morgan fingerprint density at radius 3 is 2.86 bits per heavy atom. The Morgan fingerprint density at radius 1 is 1.25 bits per heavy atom. The van der Waals surface area contributed by atoms with Crippen LogP contribution in [0.25, 0.3) is 0 Å². The first kappa shape index (κ1) is 20.7. The predicted molar refractivity (Wildman–Crippen MR) is 114 cm³/mol. The van der Waals surface area contributed by atoms with E-state index in [0.717, 1.165) is 54.4 Å². The quantitative estimate of drug-likeness (QED) is 0.735. The number of amides is 1. The summed E-state index contributed by atoms with van der Waals surface area (Å²) in [5, 5.41) is 3.89. The summed E-state index contributed by atoms with van der Waals surface area (Å²) in [7, 11) is 0. The molecule has 3 rings (SSSR count). The van der Waals surface area contributed by atoms with E-state index in [1.165, 1.54) is 0 Å². The van der Waals surface area contributed by atoms with E-state index in [9.17, 15) is 4.79 Å². The highest BCUT2D eigenvalue weighted by atomic mass is 35.5. The minimum atomic E-state index is 0.0198. The molecule has 0 radical (unpaired) electrons. The van der Waals surface area contributed by atoms with Gasteiger partial charge in [-0.2, -0.15) is 0 Å². The third-order valence-electron chi connectivity index (χ3n) is 4.97. The molecule has 0 unspecified atom stereocenters. The molecule has 1 saturated heterocycles. The number of rotatable bonds is 7. The van der Waals surface area contributed by atoms with E-state index in [4.69, 9.17) is 16.3 Å². The monoisotopic (exact) mass is 400 g/mol. The van der Waals surface area contributed by atoms with E-state index < -0.39 is 0 Å². The molecule has 1 fully saturated rings. The summed E-state index contributed by atoms with van der Waals surface area (Å²) < 4.78 is 5.73. The number of benzene rings is 2. The van der Waals surface area contributed by atoms with Crippen molar-refractivity contribution in [2.45, 2.75) is 45.9 Å². The van der Waals surface area contributed by atoms with Gasteiger partial charge >= 0.3 is 0 Å². The summed E-state index contributed by atoms with van der Waals surface area (Å²) in [5.74, 6) is 0.982. The van der Waals surface area contributed by atoms with Crippen LogP contribution < -0.4 is 10.1 Å². The first-order valence-corrected chi connectivity index (χ1v) is 10.4. The first-order chi connectivity index (χ1) is 13.5. The van der Waals surface area contributed by atoms with Crippen molar-refractivity contribution in [1.29, 1.82) is 0 Å². The molecular formula is C23H29ClN2O2. The second-order valence-electron chi connectivity index (χ2n) is 7.70. The Bertz CT molecular complexity index is 794. The van der Waals surface area contributed by atoms with Crippen LogP contribution in [0.2, 0.25) is 5.02 Å². The molecule has 0 spiro atoms. The van der Waals surface area contributed by atoms with Gasteiger partial charge in [0.25, 0.3) is 0 Å². The molecule has 5 heteroatoms. The van der Waals surface area contributed by atoms with Crippen molar-refractivity contribution in [3.63, 3.8) is 0 Å². The summed E-state index contributed by atoms with van der Waals surface area (Å²) >= 11 is 6.29. The SMILES string of the molecule is CC(C)Oc1cccc(CNC(=O)[C@@H]2CCCN(Cc3ccccc3Cl)C2)c1. The third-order valence-corrected chi connectivity index (χ3v) is 5.33. The van der Waals surface area contributed by atoms with Gasteiger partial charge in [-0.1, -0.05) is 41.9 Å². The predicted octanol–water partition coefficient (Wildman–Crippen LogP) is 4.66. The number of halogens is 1. The molecule has 0 bridgehead atoms. The Morgan fingerprint density at radius 2 is 2.07 bits per heavy atom. The molecule has 150 valence electrons. The zero-order valence-electron chi connectivity index (χ0n) is 16.7. The molecule has 4 nitrogen and oxygen atoms in total.